The zero-order chi connectivity index (χ0) is 12.1. The van der Waals surface area contributed by atoms with E-state index in [-0.39, 0.29) is 0 Å². The maximum atomic E-state index is 4.84. The van der Waals surface area contributed by atoms with Gasteiger partial charge in [0, 0.05) is 23.1 Å². The molecule has 0 spiro atoms. The van der Waals surface area contributed by atoms with E-state index in [1.807, 2.05) is 22.9 Å². The maximum absolute atomic E-state index is 4.84. The fraction of sp³-hybridized carbons (Fsp3) is 0.182. The molecule has 0 saturated heterocycles. The second kappa shape index (κ2) is 5.58. The number of aromatic nitrogens is 3. The quantitative estimate of drug-likeness (QED) is 0.641. The number of oxime groups is 1. The first-order chi connectivity index (χ1) is 8.29. The second-order valence-corrected chi connectivity index (χ2v) is 4.23. The van der Waals surface area contributed by atoms with Crippen LogP contribution in [0.15, 0.2) is 46.7 Å². The van der Waals surface area contributed by atoms with E-state index in [4.69, 9.17) is 4.84 Å². The van der Waals surface area contributed by atoms with Gasteiger partial charge in [0.1, 0.15) is 12.8 Å². The Labute approximate surface area is 107 Å². The van der Waals surface area contributed by atoms with Gasteiger partial charge in [-0.3, -0.25) is 4.98 Å². The van der Waals surface area contributed by atoms with Gasteiger partial charge < -0.3 is 9.40 Å². The van der Waals surface area contributed by atoms with E-state index in [1.54, 1.807) is 18.7 Å². The van der Waals surface area contributed by atoms with Crippen LogP contribution in [0.4, 0.5) is 0 Å². The van der Waals surface area contributed by atoms with Gasteiger partial charge in [-0.1, -0.05) is 5.16 Å². The van der Waals surface area contributed by atoms with Crippen molar-refractivity contribution >= 4 is 21.6 Å². The molecule has 0 atom stereocenters. The highest BCUT2D eigenvalue weighted by atomic mass is 79.9. The number of nitrogens with zero attached hydrogens (tertiary/aromatic N) is 4. The van der Waals surface area contributed by atoms with Gasteiger partial charge in [-0.05, 0) is 28.1 Å². The lowest BCUT2D eigenvalue weighted by Crippen LogP contribution is -2.12. The number of rotatable bonds is 4. The van der Waals surface area contributed by atoms with Crippen molar-refractivity contribution in [3.63, 3.8) is 0 Å². The normalized spacial score (nSPS) is 11.5. The topological polar surface area (TPSA) is 52.3 Å². The van der Waals surface area contributed by atoms with E-state index in [9.17, 15) is 0 Å². The van der Waals surface area contributed by atoms with Crippen LogP contribution in [0.1, 0.15) is 5.69 Å². The van der Waals surface area contributed by atoms with E-state index < -0.39 is 0 Å². The molecule has 0 amide bonds. The minimum Gasteiger partial charge on any atom is -0.399 e. The Kier molecular flexibility index (Phi) is 3.87. The molecule has 0 unspecified atom stereocenters. The Morgan fingerprint density at radius 1 is 1.53 bits per heavy atom. The van der Waals surface area contributed by atoms with E-state index in [1.165, 1.54) is 7.11 Å². The van der Waals surface area contributed by atoms with Gasteiger partial charge in [-0.15, -0.1) is 0 Å². The molecule has 2 rings (SSSR count). The van der Waals surface area contributed by atoms with Crippen LogP contribution in [0.3, 0.4) is 0 Å². The van der Waals surface area contributed by atoms with Crippen molar-refractivity contribution in [3.05, 3.63) is 47.2 Å². The molecule has 17 heavy (non-hydrogen) atoms. The van der Waals surface area contributed by atoms with Crippen molar-refractivity contribution in [1.29, 1.82) is 0 Å². The first-order valence-corrected chi connectivity index (χ1v) is 5.76. The molecule has 88 valence electrons. The van der Waals surface area contributed by atoms with Crippen LogP contribution in [-0.4, -0.2) is 27.4 Å². The third kappa shape index (κ3) is 3.13. The van der Waals surface area contributed by atoms with Gasteiger partial charge in [0.25, 0.3) is 0 Å². The smallest absolute Gasteiger partial charge is 0.125 e. The Balaban J connectivity index is 2.23. The first-order valence-electron chi connectivity index (χ1n) is 4.97. The molecule has 5 nitrogen and oxygen atoms in total. The highest BCUT2D eigenvalue weighted by Crippen LogP contribution is 2.09. The van der Waals surface area contributed by atoms with E-state index in [0.717, 1.165) is 15.9 Å². The van der Waals surface area contributed by atoms with Crippen LogP contribution in [0.25, 0.3) is 0 Å². The molecule has 0 radical (unpaired) electrons. The summed E-state index contributed by atoms with van der Waals surface area (Å²) in [6.07, 6.45) is 7.04. The molecule has 0 saturated carbocycles. The van der Waals surface area contributed by atoms with E-state index in [0.29, 0.717) is 6.54 Å². The van der Waals surface area contributed by atoms with Gasteiger partial charge in [-0.2, -0.15) is 0 Å². The van der Waals surface area contributed by atoms with Crippen LogP contribution < -0.4 is 0 Å². The summed E-state index contributed by atoms with van der Waals surface area (Å²) in [6, 6.07) is 3.81. The average Bonchev–Trinajstić information content (AvgIpc) is 2.82. The van der Waals surface area contributed by atoms with Gasteiger partial charge in [-0.25, -0.2) is 4.98 Å². The lowest BCUT2D eigenvalue weighted by Gasteiger charge is -2.05. The summed E-state index contributed by atoms with van der Waals surface area (Å²) in [5, 5.41) is 3.99. The molecule has 0 N–H and O–H groups in total. The van der Waals surface area contributed by atoms with Crippen molar-refractivity contribution in [2.24, 2.45) is 5.16 Å². The number of hydrogen-bond donors (Lipinski definition) is 0. The highest BCUT2D eigenvalue weighted by Gasteiger charge is 2.07. The predicted octanol–water partition coefficient (Wildman–Crippen LogP) is 2.09. The van der Waals surface area contributed by atoms with Gasteiger partial charge in [0.2, 0.25) is 0 Å². The summed E-state index contributed by atoms with van der Waals surface area (Å²) >= 11 is 3.35. The molecular formula is C11H11BrN4O. The molecule has 2 heterocycles. The molecule has 0 fully saturated rings. The monoisotopic (exact) mass is 294 g/mol. The maximum Gasteiger partial charge on any atom is 0.125 e. The second-order valence-electron chi connectivity index (χ2n) is 3.32. The summed E-state index contributed by atoms with van der Waals surface area (Å²) in [4.78, 5) is 13.1. The zero-order valence-electron chi connectivity index (χ0n) is 9.25. The minimum absolute atomic E-state index is 0.572. The first kappa shape index (κ1) is 11.8. The molecule has 0 bridgehead atoms. The van der Waals surface area contributed by atoms with Crippen molar-refractivity contribution in [2.75, 3.05) is 7.11 Å². The van der Waals surface area contributed by atoms with Crippen LogP contribution in [0.5, 0.6) is 0 Å². The molecule has 2 aromatic heterocycles. The lowest BCUT2D eigenvalue weighted by atomic mass is 10.2. The van der Waals surface area contributed by atoms with E-state index in [2.05, 4.69) is 31.1 Å². The van der Waals surface area contributed by atoms with Crippen molar-refractivity contribution in [1.82, 2.24) is 14.5 Å². The van der Waals surface area contributed by atoms with Crippen LogP contribution in [0, 0.1) is 0 Å². The SMILES string of the molecule is CON=C(Cn1ccnc1)c1ccc(Br)cn1. The fourth-order valence-corrected chi connectivity index (χ4v) is 1.60. The summed E-state index contributed by atoms with van der Waals surface area (Å²) in [5.41, 5.74) is 1.53. The largest absolute Gasteiger partial charge is 0.399 e. The minimum atomic E-state index is 0.572. The highest BCUT2D eigenvalue weighted by molar-refractivity contribution is 9.10. The van der Waals surface area contributed by atoms with Crippen molar-refractivity contribution < 1.29 is 4.84 Å². The zero-order valence-corrected chi connectivity index (χ0v) is 10.8. The van der Waals surface area contributed by atoms with Crippen molar-refractivity contribution in [2.45, 2.75) is 6.54 Å². The third-order valence-corrected chi connectivity index (χ3v) is 2.59. The van der Waals surface area contributed by atoms with Crippen LogP contribution in [-0.2, 0) is 11.4 Å². The molecular weight excluding hydrogens is 284 g/mol. The molecule has 0 aliphatic rings. The van der Waals surface area contributed by atoms with Crippen LogP contribution in [0.2, 0.25) is 0 Å². The number of imidazole rings is 1. The van der Waals surface area contributed by atoms with Crippen LogP contribution >= 0.6 is 15.9 Å². The molecule has 2 aromatic rings. The summed E-state index contributed by atoms with van der Waals surface area (Å²) in [6.45, 7) is 0.572. The number of pyridine rings is 1. The predicted molar refractivity (Wildman–Crippen MR) is 67.7 cm³/mol. The fourth-order valence-electron chi connectivity index (χ4n) is 1.37. The standard InChI is InChI=1S/C11H11BrN4O/c1-17-15-11(7-16-5-4-13-8-16)10-3-2-9(12)6-14-10/h2-6,8H,7H2,1H3. The Hall–Kier alpha value is -1.69. The Morgan fingerprint density at radius 2 is 2.41 bits per heavy atom. The van der Waals surface area contributed by atoms with Gasteiger partial charge in [0.05, 0.1) is 18.6 Å². The van der Waals surface area contributed by atoms with Crippen molar-refractivity contribution in [3.8, 4) is 0 Å². The average molecular weight is 295 g/mol. The number of hydrogen-bond acceptors (Lipinski definition) is 4. The molecule has 6 heteroatoms. The molecule has 0 aromatic carbocycles. The molecule has 0 aliphatic carbocycles. The summed E-state index contributed by atoms with van der Waals surface area (Å²) in [5.74, 6) is 0. The van der Waals surface area contributed by atoms with Gasteiger partial charge in [0.15, 0.2) is 0 Å². The lowest BCUT2D eigenvalue weighted by molar-refractivity contribution is 0.212. The summed E-state index contributed by atoms with van der Waals surface area (Å²) in [7, 11) is 1.52. The Morgan fingerprint density at radius 3 is 3.00 bits per heavy atom. The molecule has 0 aliphatic heterocycles. The summed E-state index contributed by atoms with van der Waals surface area (Å²) < 4.78 is 2.84. The van der Waals surface area contributed by atoms with Gasteiger partial charge >= 0.3 is 0 Å². The number of halogens is 1. The third-order valence-electron chi connectivity index (χ3n) is 2.12. The van der Waals surface area contributed by atoms with E-state index >= 15 is 0 Å². The Bertz CT molecular complexity index is 493.